The molecule has 0 saturated heterocycles. The molecule has 0 nitrogen and oxygen atoms in total. The highest BCUT2D eigenvalue weighted by molar-refractivity contribution is 5.69. The molecule has 1 aliphatic rings. The third-order valence-electron chi connectivity index (χ3n) is 2.29. The van der Waals surface area contributed by atoms with E-state index in [0.29, 0.717) is 6.42 Å². The summed E-state index contributed by atoms with van der Waals surface area (Å²) in [5, 5.41) is 0. The smallest absolute Gasteiger partial charge is 0.123 e. The molecule has 12 heavy (non-hydrogen) atoms. The molecule has 0 aromatic heterocycles. The first kappa shape index (κ1) is 7.53. The fourth-order valence-corrected chi connectivity index (χ4v) is 1.71. The Hall–Kier alpha value is -1.11. The van der Waals surface area contributed by atoms with Gasteiger partial charge in [0.05, 0.1) is 0 Å². The number of fused-ring (bicyclic) bond motifs is 1. The van der Waals surface area contributed by atoms with Crippen LogP contribution in [-0.4, -0.2) is 6.17 Å². The first-order valence-corrected chi connectivity index (χ1v) is 4.18. The van der Waals surface area contributed by atoms with Crippen LogP contribution in [0.3, 0.4) is 0 Å². The SMILES string of the molecule is CC1=CC(F)Cc2ccccc21. The van der Waals surface area contributed by atoms with Crippen LogP contribution in [0.25, 0.3) is 5.57 Å². The second-order valence-electron chi connectivity index (χ2n) is 3.23. The maximum atomic E-state index is 13.0. The van der Waals surface area contributed by atoms with Gasteiger partial charge in [-0.25, -0.2) is 4.39 Å². The van der Waals surface area contributed by atoms with Crippen molar-refractivity contribution in [2.24, 2.45) is 0 Å². The van der Waals surface area contributed by atoms with E-state index in [1.54, 1.807) is 6.08 Å². The Kier molecular flexibility index (Phi) is 1.72. The normalized spacial score (nSPS) is 21.5. The van der Waals surface area contributed by atoms with Crippen LogP contribution in [0.5, 0.6) is 0 Å². The van der Waals surface area contributed by atoms with Crippen molar-refractivity contribution in [1.82, 2.24) is 0 Å². The van der Waals surface area contributed by atoms with Crippen LogP contribution < -0.4 is 0 Å². The van der Waals surface area contributed by atoms with Crippen molar-refractivity contribution in [3.8, 4) is 0 Å². The molecule has 1 aliphatic carbocycles. The highest BCUT2D eigenvalue weighted by Crippen LogP contribution is 2.26. The molecule has 0 fully saturated rings. The number of rotatable bonds is 0. The van der Waals surface area contributed by atoms with Gasteiger partial charge in [0.25, 0.3) is 0 Å². The maximum absolute atomic E-state index is 13.0. The predicted octanol–water partition coefficient (Wildman–Crippen LogP) is 2.98. The summed E-state index contributed by atoms with van der Waals surface area (Å²) < 4.78 is 13.0. The number of hydrogen-bond donors (Lipinski definition) is 0. The highest BCUT2D eigenvalue weighted by atomic mass is 19.1. The lowest BCUT2D eigenvalue weighted by atomic mass is 9.91. The van der Waals surface area contributed by atoms with Gasteiger partial charge < -0.3 is 0 Å². The van der Waals surface area contributed by atoms with Crippen molar-refractivity contribution in [1.29, 1.82) is 0 Å². The lowest BCUT2D eigenvalue weighted by molar-refractivity contribution is 0.396. The molecule has 1 heteroatoms. The molecule has 0 amide bonds. The summed E-state index contributed by atoms with van der Waals surface area (Å²) in [6.07, 6.45) is 1.44. The molecular formula is C11H11F. The number of benzene rings is 1. The van der Waals surface area contributed by atoms with Gasteiger partial charge in [-0.1, -0.05) is 24.3 Å². The van der Waals surface area contributed by atoms with Gasteiger partial charge in [0.1, 0.15) is 6.17 Å². The summed E-state index contributed by atoms with van der Waals surface area (Å²) in [6.45, 7) is 1.96. The zero-order chi connectivity index (χ0) is 8.55. The zero-order valence-corrected chi connectivity index (χ0v) is 7.05. The molecule has 0 spiro atoms. The Balaban J connectivity index is 2.53. The first-order chi connectivity index (χ1) is 5.77. The molecule has 0 N–H and O–H groups in total. The van der Waals surface area contributed by atoms with Crippen LogP contribution in [0.4, 0.5) is 4.39 Å². The number of allylic oxidation sites excluding steroid dienone is 2. The number of alkyl halides is 1. The molecule has 1 unspecified atom stereocenters. The molecule has 0 bridgehead atoms. The zero-order valence-electron chi connectivity index (χ0n) is 7.05. The Morgan fingerprint density at radius 3 is 2.92 bits per heavy atom. The number of halogens is 1. The summed E-state index contributed by atoms with van der Waals surface area (Å²) in [4.78, 5) is 0. The van der Waals surface area contributed by atoms with Crippen LogP contribution >= 0.6 is 0 Å². The van der Waals surface area contributed by atoms with Gasteiger partial charge in [0.15, 0.2) is 0 Å². The third-order valence-corrected chi connectivity index (χ3v) is 2.29. The molecule has 62 valence electrons. The Morgan fingerprint density at radius 1 is 1.33 bits per heavy atom. The average Bonchev–Trinajstić information content (AvgIpc) is 2.04. The monoisotopic (exact) mass is 162 g/mol. The molecule has 1 aromatic rings. The van der Waals surface area contributed by atoms with Gasteiger partial charge in [-0.15, -0.1) is 0 Å². The fraction of sp³-hybridized carbons (Fsp3) is 0.273. The van der Waals surface area contributed by atoms with Gasteiger partial charge in [-0.2, -0.15) is 0 Å². The van der Waals surface area contributed by atoms with Crippen molar-refractivity contribution in [3.63, 3.8) is 0 Å². The van der Waals surface area contributed by atoms with Crippen molar-refractivity contribution >= 4 is 5.57 Å². The van der Waals surface area contributed by atoms with Crippen LogP contribution in [0.2, 0.25) is 0 Å². The lowest BCUT2D eigenvalue weighted by Crippen LogP contribution is -2.09. The van der Waals surface area contributed by atoms with E-state index in [9.17, 15) is 4.39 Å². The second-order valence-corrected chi connectivity index (χ2v) is 3.23. The number of hydrogen-bond acceptors (Lipinski definition) is 0. The minimum Gasteiger partial charge on any atom is -0.243 e. The van der Waals surface area contributed by atoms with Crippen LogP contribution in [0, 0.1) is 0 Å². The molecule has 0 aliphatic heterocycles. The maximum Gasteiger partial charge on any atom is 0.123 e. The average molecular weight is 162 g/mol. The Labute approximate surface area is 71.7 Å². The quantitative estimate of drug-likeness (QED) is 0.550. The first-order valence-electron chi connectivity index (χ1n) is 4.18. The predicted molar refractivity (Wildman–Crippen MR) is 48.7 cm³/mol. The lowest BCUT2D eigenvalue weighted by Gasteiger charge is -2.16. The van der Waals surface area contributed by atoms with Crippen molar-refractivity contribution in [2.45, 2.75) is 19.5 Å². The van der Waals surface area contributed by atoms with Crippen LogP contribution in [0.1, 0.15) is 18.1 Å². The van der Waals surface area contributed by atoms with E-state index >= 15 is 0 Å². The van der Waals surface area contributed by atoms with E-state index in [1.807, 2.05) is 31.2 Å². The molecule has 0 radical (unpaired) electrons. The van der Waals surface area contributed by atoms with Crippen molar-refractivity contribution in [2.75, 3.05) is 0 Å². The summed E-state index contributed by atoms with van der Waals surface area (Å²) >= 11 is 0. The van der Waals surface area contributed by atoms with E-state index < -0.39 is 6.17 Å². The molecule has 1 aromatic carbocycles. The Bertz CT molecular complexity index is 326. The van der Waals surface area contributed by atoms with Crippen LogP contribution in [0.15, 0.2) is 30.3 Å². The largest absolute Gasteiger partial charge is 0.243 e. The second kappa shape index (κ2) is 2.74. The van der Waals surface area contributed by atoms with E-state index in [0.717, 1.165) is 11.1 Å². The van der Waals surface area contributed by atoms with Crippen molar-refractivity contribution < 1.29 is 4.39 Å². The van der Waals surface area contributed by atoms with Crippen molar-refractivity contribution in [3.05, 3.63) is 41.5 Å². The van der Waals surface area contributed by atoms with Gasteiger partial charge >= 0.3 is 0 Å². The van der Waals surface area contributed by atoms with E-state index in [2.05, 4.69) is 0 Å². The third kappa shape index (κ3) is 1.15. The van der Waals surface area contributed by atoms with Gasteiger partial charge in [-0.05, 0) is 29.7 Å². The van der Waals surface area contributed by atoms with Gasteiger partial charge in [-0.3, -0.25) is 0 Å². The molecule has 2 rings (SSSR count). The minimum atomic E-state index is -0.792. The molecule has 0 heterocycles. The van der Waals surface area contributed by atoms with Gasteiger partial charge in [0, 0.05) is 6.42 Å². The minimum absolute atomic E-state index is 0.535. The molecular weight excluding hydrogens is 151 g/mol. The van der Waals surface area contributed by atoms with E-state index in [-0.39, 0.29) is 0 Å². The summed E-state index contributed by atoms with van der Waals surface area (Å²) in [5.41, 5.74) is 3.39. The van der Waals surface area contributed by atoms with Gasteiger partial charge in [0.2, 0.25) is 0 Å². The summed E-state index contributed by atoms with van der Waals surface area (Å²) in [5.74, 6) is 0. The van der Waals surface area contributed by atoms with E-state index in [1.165, 1.54) is 5.56 Å². The topological polar surface area (TPSA) is 0 Å². The van der Waals surface area contributed by atoms with E-state index in [4.69, 9.17) is 0 Å². The molecule has 1 atom stereocenters. The standard InChI is InChI=1S/C11H11F/c1-8-6-10(12)7-9-4-2-3-5-11(8)9/h2-6,10H,7H2,1H3. The fourth-order valence-electron chi connectivity index (χ4n) is 1.71. The summed E-state index contributed by atoms with van der Waals surface area (Å²) in [7, 11) is 0. The molecule has 0 saturated carbocycles. The highest BCUT2D eigenvalue weighted by Gasteiger charge is 2.15. The Morgan fingerprint density at radius 2 is 2.08 bits per heavy atom. The van der Waals surface area contributed by atoms with Crippen LogP contribution in [-0.2, 0) is 6.42 Å². The summed E-state index contributed by atoms with van der Waals surface area (Å²) in [6, 6.07) is 8.00.